The molecule has 0 saturated carbocycles. The molecule has 6 nitrogen and oxygen atoms in total. The second-order valence-corrected chi connectivity index (χ2v) is 6.75. The van der Waals surface area contributed by atoms with E-state index >= 15 is 0 Å². The van der Waals surface area contributed by atoms with Gasteiger partial charge in [-0.05, 0) is 36.4 Å². The quantitative estimate of drug-likeness (QED) is 0.298. The summed E-state index contributed by atoms with van der Waals surface area (Å²) in [7, 11) is 3.41. The first-order chi connectivity index (χ1) is 13.2. The van der Waals surface area contributed by atoms with Crippen LogP contribution >= 0.6 is 11.8 Å². The van der Waals surface area contributed by atoms with E-state index in [1.807, 2.05) is 12.1 Å². The maximum atomic E-state index is 5.68. The first-order valence-electron chi connectivity index (χ1n) is 8.81. The smallest absolute Gasteiger partial charge is 0.218 e. The van der Waals surface area contributed by atoms with Crippen molar-refractivity contribution in [2.24, 2.45) is 4.99 Å². The molecule has 2 aromatic rings. The first-order valence-corrected chi connectivity index (χ1v) is 10.0. The fourth-order valence-corrected chi connectivity index (χ4v) is 3.19. The Bertz CT molecular complexity index is 753. The standard InChI is InChI=1S/C20H28N4O2S/c1-15-7-8-16(18(12-15)27-4)13-23-20(21-2)24-14-17-6-5-9-22-19(17)26-11-10-25-3/h5-9,12H,10-11,13-14H2,1-4H3,(H2,21,23,24). The van der Waals surface area contributed by atoms with Gasteiger partial charge >= 0.3 is 0 Å². The fraction of sp³-hybridized carbons (Fsp3) is 0.400. The Morgan fingerprint density at radius 3 is 2.63 bits per heavy atom. The van der Waals surface area contributed by atoms with Gasteiger partial charge in [0.05, 0.1) is 6.61 Å². The summed E-state index contributed by atoms with van der Waals surface area (Å²) in [5, 5.41) is 6.68. The minimum atomic E-state index is 0.471. The summed E-state index contributed by atoms with van der Waals surface area (Å²) in [6, 6.07) is 10.4. The van der Waals surface area contributed by atoms with Crippen molar-refractivity contribution in [2.75, 3.05) is 33.6 Å². The molecule has 0 fully saturated rings. The van der Waals surface area contributed by atoms with E-state index in [0.29, 0.717) is 32.2 Å². The van der Waals surface area contributed by atoms with E-state index in [-0.39, 0.29) is 0 Å². The van der Waals surface area contributed by atoms with Gasteiger partial charge in [0, 0.05) is 43.9 Å². The lowest BCUT2D eigenvalue weighted by molar-refractivity contribution is 0.143. The maximum absolute atomic E-state index is 5.68. The van der Waals surface area contributed by atoms with Crippen molar-refractivity contribution in [3.63, 3.8) is 0 Å². The van der Waals surface area contributed by atoms with Crippen LogP contribution in [0.2, 0.25) is 0 Å². The molecule has 146 valence electrons. The van der Waals surface area contributed by atoms with Gasteiger partial charge in [-0.2, -0.15) is 0 Å². The fourth-order valence-electron chi connectivity index (χ4n) is 2.49. The van der Waals surface area contributed by atoms with E-state index in [4.69, 9.17) is 9.47 Å². The maximum Gasteiger partial charge on any atom is 0.218 e. The molecule has 7 heteroatoms. The van der Waals surface area contributed by atoms with Crippen molar-refractivity contribution in [3.05, 3.63) is 53.2 Å². The molecule has 1 heterocycles. The highest BCUT2D eigenvalue weighted by molar-refractivity contribution is 7.98. The molecule has 0 radical (unpaired) electrons. The average molecular weight is 389 g/mol. The summed E-state index contributed by atoms with van der Waals surface area (Å²) in [4.78, 5) is 9.88. The van der Waals surface area contributed by atoms with Crippen LogP contribution in [-0.2, 0) is 17.8 Å². The number of nitrogens with one attached hydrogen (secondary N) is 2. The highest BCUT2D eigenvalue weighted by Gasteiger charge is 2.07. The SMILES string of the molecule is CN=C(NCc1ccc(C)cc1SC)NCc1cccnc1OCCOC. The number of guanidine groups is 1. The molecule has 0 atom stereocenters. The van der Waals surface area contributed by atoms with Gasteiger partial charge < -0.3 is 20.1 Å². The zero-order chi connectivity index (χ0) is 19.5. The van der Waals surface area contributed by atoms with E-state index in [0.717, 1.165) is 11.5 Å². The minimum absolute atomic E-state index is 0.471. The molecule has 27 heavy (non-hydrogen) atoms. The largest absolute Gasteiger partial charge is 0.475 e. The Morgan fingerprint density at radius 2 is 1.93 bits per heavy atom. The van der Waals surface area contributed by atoms with E-state index in [2.05, 4.69) is 52.0 Å². The lowest BCUT2D eigenvalue weighted by atomic mass is 10.1. The van der Waals surface area contributed by atoms with Crippen molar-refractivity contribution in [3.8, 4) is 5.88 Å². The molecule has 0 spiro atoms. The number of aliphatic imine (C=N–C) groups is 1. The van der Waals surface area contributed by atoms with Crippen molar-refractivity contribution in [2.45, 2.75) is 24.9 Å². The zero-order valence-electron chi connectivity index (χ0n) is 16.4. The van der Waals surface area contributed by atoms with Gasteiger partial charge in [0.25, 0.3) is 0 Å². The normalized spacial score (nSPS) is 11.3. The van der Waals surface area contributed by atoms with E-state index < -0.39 is 0 Å². The Kier molecular flexibility index (Phi) is 8.94. The van der Waals surface area contributed by atoms with Crippen LogP contribution in [0.25, 0.3) is 0 Å². The van der Waals surface area contributed by atoms with Gasteiger partial charge in [0.15, 0.2) is 5.96 Å². The van der Waals surface area contributed by atoms with Crippen molar-refractivity contribution >= 4 is 17.7 Å². The zero-order valence-corrected chi connectivity index (χ0v) is 17.2. The Labute approximate surface area is 165 Å². The molecule has 2 N–H and O–H groups in total. The van der Waals surface area contributed by atoms with Crippen molar-refractivity contribution in [1.82, 2.24) is 15.6 Å². The van der Waals surface area contributed by atoms with E-state index in [1.165, 1.54) is 16.0 Å². The van der Waals surface area contributed by atoms with Crippen LogP contribution in [-0.4, -0.2) is 44.6 Å². The van der Waals surface area contributed by atoms with Crippen molar-refractivity contribution in [1.29, 1.82) is 0 Å². The van der Waals surface area contributed by atoms with Crippen LogP contribution in [0.1, 0.15) is 16.7 Å². The lowest BCUT2D eigenvalue weighted by Crippen LogP contribution is -2.36. The molecule has 1 aromatic carbocycles. The van der Waals surface area contributed by atoms with Gasteiger partial charge in [-0.25, -0.2) is 4.98 Å². The summed E-state index contributed by atoms with van der Waals surface area (Å²) in [5.74, 6) is 1.34. The number of rotatable bonds is 9. The molecular weight excluding hydrogens is 360 g/mol. The predicted molar refractivity (Wildman–Crippen MR) is 112 cm³/mol. The molecule has 0 aliphatic carbocycles. The van der Waals surface area contributed by atoms with Crippen LogP contribution in [0.5, 0.6) is 5.88 Å². The summed E-state index contributed by atoms with van der Waals surface area (Å²) >= 11 is 1.76. The van der Waals surface area contributed by atoms with Gasteiger partial charge in [-0.1, -0.05) is 18.2 Å². The second kappa shape index (κ2) is 11.5. The number of aromatic nitrogens is 1. The van der Waals surface area contributed by atoms with Gasteiger partial charge in [0.1, 0.15) is 6.61 Å². The summed E-state index contributed by atoms with van der Waals surface area (Å²) in [6.07, 6.45) is 3.82. The van der Waals surface area contributed by atoms with E-state index in [9.17, 15) is 0 Å². The minimum Gasteiger partial charge on any atom is -0.475 e. The second-order valence-electron chi connectivity index (χ2n) is 5.90. The predicted octanol–water partition coefficient (Wildman–Crippen LogP) is 3.00. The molecular formula is C20H28N4O2S. The van der Waals surface area contributed by atoms with Crippen LogP contribution in [0.4, 0.5) is 0 Å². The molecule has 0 amide bonds. The number of methoxy groups -OCH3 is 1. The van der Waals surface area contributed by atoms with Gasteiger partial charge in [-0.3, -0.25) is 4.99 Å². The number of benzene rings is 1. The van der Waals surface area contributed by atoms with E-state index in [1.54, 1.807) is 32.1 Å². The van der Waals surface area contributed by atoms with Crippen LogP contribution in [0, 0.1) is 6.92 Å². The van der Waals surface area contributed by atoms with Crippen molar-refractivity contribution < 1.29 is 9.47 Å². The first kappa shape index (κ1) is 21.1. The number of pyridine rings is 1. The van der Waals surface area contributed by atoms with Crippen LogP contribution in [0.15, 0.2) is 46.4 Å². The number of thioether (sulfide) groups is 1. The van der Waals surface area contributed by atoms with Gasteiger partial charge in [-0.15, -0.1) is 11.8 Å². The molecule has 2 rings (SSSR count). The molecule has 0 aliphatic heterocycles. The number of ether oxygens (including phenoxy) is 2. The third-order valence-electron chi connectivity index (χ3n) is 3.93. The Balaban J connectivity index is 1.93. The third-order valence-corrected chi connectivity index (χ3v) is 4.75. The monoisotopic (exact) mass is 388 g/mol. The molecule has 0 saturated heterocycles. The number of hydrogen-bond donors (Lipinski definition) is 2. The summed E-state index contributed by atoms with van der Waals surface area (Å²) < 4.78 is 10.7. The Hall–Kier alpha value is -2.25. The third kappa shape index (κ3) is 6.77. The molecule has 1 aromatic heterocycles. The number of nitrogens with zero attached hydrogens (tertiary/aromatic N) is 2. The summed E-state index contributed by atoms with van der Waals surface area (Å²) in [5.41, 5.74) is 3.49. The Morgan fingerprint density at radius 1 is 1.15 bits per heavy atom. The average Bonchev–Trinajstić information content (AvgIpc) is 2.70. The molecule has 0 unspecified atom stereocenters. The number of aryl methyl sites for hydroxylation is 1. The lowest BCUT2D eigenvalue weighted by Gasteiger charge is -2.15. The molecule has 0 aliphatic rings. The highest BCUT2D eigenvalue weighted by Crippen LogP contribution is 2.21. The van der Waals surface area contributed by atoms with Crippen LogP contribution < -0.4 is 15.4 Å². The van der Waals surface area contributed by atoms with Crippen LogP contribution in [0.3, 0.4) is 0 Å². The van der Waals surface area contributed by atoms with Gasteiger partial charge in [0.2, 0.25) is 5.88 Å². The molecule has 0 bridgehead atoms. The number of hydrogen-bond acceptors (Lipinski definition) is 5. The summed E-state index contributed by atoms with van der Waals surface area (Å²) in [6.45, 7) is 4.39. The highest BCUT2D eigenvalue weighted by atomic mass is 32.2. The topological polar surface area (TPSA) is 67.8 Å².